The first-order valence-corrected chi connectivity index (χ1v) is 7.98. The van der Waals surface area contributed by atoms with Gasteiger partial charge in [-0.15, -0.1) is 0 Å². The molecular weight excluding hydrogens is 278 g/mol. The molecule has 1 fully saturated rings. The molecular formula is C17H23N3O2. The lowest BCUT2D eigenvalue weighted by atomic mass is 10.00. The van der Waals surface area contributed by atoms with Gasteiger partial charge in [-0.1, -0.05) is 35.0 Å². The Labute approximate surface area is 131 Å². The summed E-state index contributed by atoms with van der Waals surface area (Å²) in [5.41, 5.74) is 2.45. The van der Waals surface area contributed by atoms with Gasteiger partial charge in [0.2, 0.25) is 5.89 Å². The van der Waals surface area contributed by atoms with Gasteiger partial charge in [0, 0.05) is 13.0 Å². The van der Waals surface area contributed by atoms with Crippen LogP contribution in [0.3, 0.4) is 0 Å². The molecule has 1 aromatic heterocycles. The van der Waals surface area contributed by atoms with E-state index in [-0.39, 0.29) is 0 Å². The zero-order valence-corrected chi connectivity index (χ0v) is 13.0. The summed E-state index contributed by atoms with van der Waals surface area (Å²) in [5.74, 6) is 1.87. The van der Waals surface area contributed by atoms with Gasteiger partial charge in [-0.25, -0.2) is 0 Å². The summed E-state index contributed by atoms with van der Waals surface area (Å²) in [7, 11) is 0. The maximum Gasteiger partial charge on any atom is 0.231 e. The Bertz CT molecular complexity index is 591. The van der Waals surface area contributed by atoms with Crippen LogP contribution in [-0.2, 0) is 17.8 Å². The SMILES string of the molecule is Cc1cccc(COCCc2noc(C3CCCNC3)n2)c1. The number of piperidine rings is 1. The standard InChI is InChI=1S/C17H23N3O2/c1-13-4-2-5-14(10-13)12-21-9-7-16-19-17(22-20-16)15-6-3-8-18-11-15/h2,4-5,10,15,18H,3,6-9,11-12H2,1H3. The molecule has 0 aliphatic carbocycles. The second-order valence-electron chi connectivity index (χ2n) is 5.88. The number of nitrogens with one attached hydrogen (secondary N) is 1. The summed E-state index contributed by atoms with van der Waals surface area (Å²) in [5, 5.41) is 7.42. The molecule has 1 N–H and O–H groups in total. The van der Waals surface area contributed by atoms with Crippen LogP contribution in [0.1, 0.15) is 41.6 Å². The molecule has 0 spiro atoms. The van der Waals surface area contributed by atoms with E-state index in [1.807, 2.05) is 0 Å². The van der Waals surface area contributed by atoms with E-state index in [1.165, 1.54) is 17.5 Å². The van der Waals surface area contributed by atoms with Gasteiger partial charge in [-0.3, -0.25) is 0 Å². The highest BCUT2D eigenvalue weighted by Crippen LogP contribution is 2.21. The largest absolute Gasteiger partial charge is 0.376 e. The molecule has 5 heteroatoms. The van der Waals surface area contributed by atoms with Crippen molar-refractivity contribution in [2.75, 3.05) is 19.7 Å². The van der Waals surface area contributed by atoms with Gasteiger partial charge in [0.25, 0.3) is 0 Å². The fourth-order valence-electron chi connectivity index (χ4n) is 2.75. The maximum atomic E-state index is 5.70. The van der Waals surface area contributed by atoms with Crippen molar-refractivity contribution in [3.63, 3.8) is 0 Å². The summed E-state index contributed by atoms with van der Waals surface area (Å²) in [6.45, 7) is 5.34. The van der Waals surface area contributed by atoms with E-state index >= 15 is 0 Å². The lowest BCUT2D eigenvalue weighted by molar-refractivity contribution is 0.122. The monoisotopic (exact) mass is 301 g/mol. The highest BCUT2D eigenvalue weighted by Gasteiger charge is 2.21. The van der Waals surface area contributed by atoms with E-state index in [2.05, 4.69) is 46.6 Å². The minimum absolute atomic E-state index is 0.364. The van der Waals surface area contributed by atoms with Crippen molar-refractivity contribution >= 4 is 0 Å². The lowest BCUT2D eigenvalue weighted by Gasteiger charge is -2.18. The number of ether oxygens (including phenoxy) is 1. The number of rotatable bonds is 6. The molecule has 0 amide bonds. The first-order chi connectivity index (χ1) is 10.8. The van der Waals surface area contributed by atoms with Gasteiger partial charge in [-0.2, -0.15) is 4.98 Å². The number of benzene rings is 1. The molecule has 0 radical (unpaired) electrons. The summed E-state index contributed by atoms with van der Waals surface area (Å²) < 4.78 is 11.1. The smallest absolute Gasteiger partial charge is 0.231 e. The molecule has 2 heterocycles. The van der Waals surface area contributed by atoms with Gasteiger partial charge in [0.05, 0.1) is 19.1 Å². The molecule has 1 atom stereocenters. The van der Waals surface area contributed by atoms with Crippen molar-refractivity contribution in [1.82, 2.24) is 15.5 Å². The Morgan fingerprint density at radius 3 is 3.18 bits per heavy atom. The molecule has 1 aliphatic rings. The Morgan fingerprint density at radius 2 is 2.36 bits per heavy atom. The fraction of sp³-hybridized carbons (Fsp3) is 0.529. The molecule has 1 aromatic carbocycles. The number of aromatic nitrogens is 2. The zero-order chi connectivity index (χ0) is 15.2. The molecule has 1 unspecified atom stereocenters. The van der Waals surface area contributed by atoms with E-state index in [0.29, 0.717) is 25.6 Å². The van der Waals surface area contributed by atoms with E-state index < -0.39 is 0 Å². The molecule has 1 saturated heterocycles. The lowest BCUT2D eigenvalue weighted by Crippen LogP contribution is -2.28. The van der Waals surface area contributed by atoms with Gasteiger partial charge in [-0.05, 0) is 31.9 Å². The molecule has 118 valence electrons. The van der Waals surface area contributed by atoms with Crippen LogP contribution in [0.5, 0.6) is 0 Å². The molecule has 0 bridgehead atoms. The summed E-state index contributed by atoms with van der Waals surface area (Å²) >= 11 is 0. The second kappa shape index (κ2) is 7.51. The number of nitrogens with zero attached hydrogens (tertiary/aromatic N) is 2. The average molecular weight is 301 g/mol. The Kier molecular flexibility index (Phi) is 5.19. The fourth-order valence-corrected chi connectivity index (χ4v) is 2.75. The van der Waals surface area contributed by atoms with Crippen molar-refractivity contribution in [1.29, 1.82) is 0 Å². The van der Waals surface area contributed by atoms with Crippen LogP contribution in [0, 0.1) is 6.92 Å². The molecule has 22 heavy (non-hydrogen) atoms. The van der Waals surface area contributed by atoms with Crippen LogP contribution in [0.25, 0.3) is 0 Å². The second-order valence-corrected chi connectivity index (χ2v) is 5.88. The van der Waals surface area contributed by atoms with Crippen molar-refractivity contribution in [2.24, 2.45) is 0 Å². The third-order valence-corrected chi connectivity index (χ3v) is 3.95. The molecule has 2 aromatic rings. The van der Waals surface area contributed by atoms with E-state index in [4.69, 9.17) is 9.26 Å². The number of aryl methyl sites for hydroxylation is 1. The molecule has 3 rings (SSSR count). The van der Waals surface area contributed by atoms with Crippen LogP contribution in [0.2, 0.25) is 0 Å². The first-order valence-electron chi connectivity index (χ1n) is 7.98. The van der Waals surface area contributed by atoms with Crippen molar-refractivity contribution < 1.29 is 9.26 Å². The number of hydrogen-bond donors (Lipinski definition) is 1. The highest BCUT2D eigenvalue weighted by atomic mass is 16.5. The van der Waals surface area contributed by atoms with Crippen molar-refractivity contribution in [2.45, 2.75) is 38.7 Å². The summed E-state index contributed by atoms with van der Waals surface area (Å²) in [6.07, 6.45) is 2.98. The van der Waals surface area contributed by atoms with Crippen LogP contribution < -0.4 is 5.32 Å². The Hall–Kier alpha value is -1.72. The number of hydrogen-bond acceptors (Lipinski definition) is 5. The van der Waals surface area contributed by atoms with Crippen LogP contribution >= 0.6 is 0 Å². The predicted molar refractivity (Wildman–Crippen MR) is 83.7 cm³/mol. The Balaban J connectivity index is 1.43. The minimum Gasteiger partial charge on any atom is -0.376 e. The van der Waals surface area contributed by atoms with Gasteiger partial charge in [0.15, 0.2) is 5.82 Å². The van der Waals surface area contributed by atoms with Crippen molar-refractivity contribution in [3.05, 3.63) is 47.1 Å². The van der Waals surface area contributed by atoms with Gasteiger partial charge < -0.3 is 14.6 Å². The minimum atomic E-state index is 0.364. The maximum absolute atomic E-state index is 5.70. The van der Waals surface area contributed by atoms with Crippen LogP contribution in [0.4, 0.5) is 0 Å². The quantitative estimate of drug-likeness (QED) is 0.831. The normalized spacial score (nSPS) is 18.5. The first kappa shape index (κ1) is 15.2. The van der Waals surface area contributed by atoms with E-state index in [1.54, 1.807) is 0 Å². The summed E-state index contributed by atoms with van der Waals surface area (Å²) in [4.78, 5) is 4.49. The Morgan fingerprint density at radius 1 is 1.41 bits per heavy atom. The third-order valence-electron chi connectivity index (χ3n) is 3.95. The third kappa shape index (κ3) is 4.15. The van der Waals surface area contributed by atoms with Crippen LogP contribution in [0.15, 0.2) is 28.8 Å². The molecule has 0 saturated carbocycles. The molecule has 1 aliphatic heterocycles. The topological polar surface area (TPSA) is 60.2 Å². The highest BCUT2D eigenvalue weighted by molar-refractivity contribution is 5.21. The zero-order valence-electron chi connectivity index (χ0n) is 13.0. The van der Waals surface area contributed by atoms with Gasteiger partial charge in [0.1, 0.15) is 0 Å². The van der Waals surface area contributed by atoms with E-state index in [9.17, 15) is 0 Å². The average Bonchev–Trinajstić information content (AvgIpc) is 3.01. The van der Waals surface area contributed by atoms with Gasteiger partial charge >= 0.3 is 0 Å². The van der Waals surface area contributed by atoms with Crippen molar-refractivity contribution in [3.8, 4) is 0 Å². The predicted octanol–water partition coefficient (Wildman–Crippen LogP) is 2.60. The summed E-state index contributed by atoms with van der Waals surface area (Å²) in [6, 6.07) is 8.36. The van der Waals surface area contributed by atoms with E-state index in [0.717, 1.165) is 31.2 Å². The van der Waals surface area contributed by atoms with Crippen LogP contribution in [-0.4, -0.2) is 29.8 Å². The molecule has 5 nitrogen and oxygen atoms in total.